The fourth-order valence-electron chi connectivity index (χ4n) is 12.6. The highest BCUT2D eigenvalue weighted by Crippen LogP contribution is 2.21. The molecule has 0 aliphatic heterocycles. The van der Waals surface area contributed by atoms with E-state index in [1.165, 1.54) is 58.3 Å². The number of aliphatic hydroxyl groups is 2. The zero-order valence-corrected chi connectivity index (χ0v) is 68.4. The molecule has 0 saturated heterocycles. The number of hydrogen-bond acceptors (Lipinski definition) is 20. The van der Waals surface area contributed by atoms with Crippen LogP contribution in [0.1, 0.15) is 195 Å². The summed E-state index contributed by atoms with van der Waals surface area (Å²) in [6.07, 6.45) is 14.5. The summed E-state index contributed by atoms with van der Waals surface area (Å²) < 4.78 is 0. The summed E-state index contributed by atoms with van der Waals surface area (Å²) in [7, 11) is 0. The van der Waals surface area contributed by atoms with Crippen molar-refractivity contribution in [3.05, 3.63) is 71.9 Å². The van der Waals surface area contributed by atoms with E-state index in [2.05, 4.69) is 81.0 Å². The molecule has 0 radical (unpaired) electrons. The van der Waals surface area contributed by atoms with Crippen LogP contribution in [0, 0.1) is 17.8 Å². The second kappa shape index (κ2) is 54.6. The molecule has 3 aromatic rings. The van der Waals surface area contributed by atoms with Crippen molar-refractivity contribution in [3.63, 3.8) is 0 Å². The maximum atomic E-state index is 14.5. The molecule has 0 unspecified atom stereocenters. The summed E-state index contributed by atoms with van der Waals surface area (Å²) in [4.78, 5) is 208. The van der Waals surface area contributed by atoms with E-state index >= 15 is 0 Å². The number of aliphatic hydroxyl groups excluding tert-OH is 2. The van der Waals surface area contributed by atoms with Gasteiger partial charge in [0.15, 0.2) is 0 Å². The van der Waals surface area contributed by atoms with E-state index in [1.807, 2.05) is 0 Å². The summed E-state index contributed by atoms with van der Waals surface area (Å²) in [5.74, 6) is -16.3. The Balaban J connectivity index is 1.79. The number of aromatic nitrogens is 1. The molecular formula is C80H129N17O19. The van der Waals surface area contributed by atoms with Crippen molar-refractivity contribution < 1.29 is 92.3 Å². The number of aromatic amines is 1. The Bertz CT molecular complexity index is 3640. The third-order valence-electron chi connectivity index (χ3n) is 19.8. The predicted molar refractivity (Wildman–Crippen MR) is 433 cm³/mol. The van der Waals surface area contributed by atoms with Gasteiger partial charge in [-0.1, -0.05) is 180 Å². The number of carbonyl (C=O) groups excluding carboxylic acids is 13. The van der Waals surface area contributed by atoms with Gasteiger partial charge < -0.3 is 112 Å². The summed E-state index contributed by atoms with van der Waals surface area (Å²) in [5.41, 5.74) is 19.3. The number of benzene rings is 2. The molecule has 0 aliphatic rings. The van der Waals surface area contributed by atoms with E-state index in [-0.39, 0.29) is 70.0 Å². The van der Waals surface area contributed by atoms with Crippen molar-refractivity contribution >= 4 is 99.6 Å². The number of fused-ring (bicyclic) bond motifs is 1. The van der Waals surface area contributed by atoms with Gasteiger partial charge in [0, 0.05) is 42.8 Å². The normalized spacial score (nSPS) is 14.6. The van der Waals surface area contributed by atoms with Crippen molar-refractivity contribution in [3.8, 4) is 0 Å². The summed E-state index contributed by atoms with van der Waals surface area (Å²) in [6, 6.07) is -2.90. The molecule has 3 rings (SSSR count). The monoisotopic (exact) mass is 1630 g/mol. The van der Waals surface area contributed by atoms with E-state index in [4.69, 9.17) is 17.2 Å². The minimum atomic E-state index is -1.87. The van der Waals surface area contributed by atoms with Crippen LogP contribution in [0.25, 0.3) is 10.9 Å². The van der Waals surface area contributed by atoms with Crippen LogP contribution in [0.4, 0.5) is 0 Å². The number of aliphatic carboxylic acids is 2. The number of H-pyrrole nitrogens is 1. The van der Waals surface area contributed by atoms with Crippen LogP contribution >= 0.6 is 0 Å². The van der Waals surface area contributed by atoms with Crippen LogP contribution in [0.15, 0.2) is 60.8 Å². The molecule has 0 bridgehead atoms. The van der Waals surface area contributed by atoms with Gasteiger partial charge in [0.1, 0.15) is 72.5 Å². The predicted octanol–water partition coefficient (Wildman–Crippen LogP) is -0.273. The van der Waals surface area contributed by atoms with Crippen molar-refractivity contribution in [1.82, 2.24) is 74.1 Å². The van der Waals surface area contributed by atoms with Crippen LogP contribution in [0.3, 0.4) is 0 Å². The smallest absolute Gasteiger partial charge is 0.325 e. The first-order valence-corrected chi connectivity index (χ1v) is 40.5. The largest absolute Gasteiger partial charge is 0.481 e. The van der Waals surface area contributed by atoms with Crippen LogP contribution in [-0.4, -0.2) is 226 Å². The number of rotatable bonds is 59. The Hall–Kier alpha value is -10.2. The number of carboxylic acids is 2. The first-order valence-electron chi connectivity index (χ1n) is 40.5. The summed E-state index contributed by atoms with van der Waals surface area (Å²) in [5, 5.41) is 73.4. The lowest BCUT2D eigenvalue weighted by molar-refractivity contribution is -0.142. The second-order valence-electron chi connectivity index (χ2n) is 30.0. The molecule has 116 heavy (non-hydrogen) atoms. The molecule has 13 amide bonds. The molecular weight excluding hydrogens is 1500 g/mol. The molecule has 1 heterocycles. The molecule has 24 N–H and O–H groups in total. The molecule has 0 aliphatic carbocycles. The third kappa shape index (κ3) is 36.3. The molecule has 36 nitrogen and oxygen atoms in total. The number of nitrogens with two attached hydrogens (primary N) is 3. The highest BCUT2D eigenvalue weighted by atomic mass is 16.4. The molecule has 0 saturated carbocycles. The van der Waals surface area contributed by atoms with Gasteiger partial charge in [-0.25, -0.2) is 0 Å². The molecule has 648 valence electrons. The zero-order chi connectivity index (χ0) is 86.4. The number of nitrogens with one attached hydrogen (secondary N) is 14. The quantitative estimate of drug-likeness (QED) is 0.0323. The number of hydrogen-bond donors (Lipinski definition) is 21. The fourth-order valence-corrected chi connectivity index (χ4v) is 12.6. The van der Waals surface area contributed by atoms with Crippen LogP contribution in [-0.2, 0) is 84.8 Å². The van der Waals surface area contributed by atoms with Gasteiger partial charge >= 0.3 is 11.9 Å². The van der Waals surface area contributed by atoms with Gasteiger partial charge in [-0.05, 0) is 93.6 Å². The van der Waals surface area contributed by atoms with Crippen molar-refractivity contribution in [2.75, 3.05) is 39.4 Å². The highest BCUT2D eigenvalue weighted by molar-refractivity contribution is 6.00. The lowest BCUT2D eigenvalue weighted by Gasteiger charge is -2.30. The Labute approximate surface area is 678 Å². The van der Waals surface area contributed by atoms with E-state index < -0.39 is 200 Å². The topological polar surface area (TPSA) is 587 Å². The fraction of sp³-hybridized carbons (Fsp3) is 0.637. The minimum Gasteiger partial charge on any atom is -0.481 e. The number of carboxylic acid groups (broad SMARTS) is 2. The first-order chi connectivity index (χ1) is 55.3. The Morgan fingerprint density at radius 3 is 1.28 bits per heavy atom. The van der Waals surface area contributed by atoms with Gasteiger partial charge in [-0.2, -0.15) is 0 Å². The Morgan fingerprint density at radius 1 is 0.388 bits per heavy atom. The Kier molecular flexibility index (Phi) is 47.1. The maximum Gasteiger partial charge on any atom is 0.325 e. The van der Waals surface area contributed by atoms with Gasteiger partial charge in [0.25, 0.3) is 0 Å². The minimum absolute atomic E-state index is 0.0703. The molecule has 0 fully saturated rings. The van der Waals surface area contributed by atoms with E-state index in [0.29, 0.717) is 34.9 Å². The molecule has 1 aromatic heterocycles. The van der Waals surface area contributed by atoms with Crippen molar-refractivity contribution in [2.24, 2.45) is 35.0 Å². The number of para-hydroxylation sites is 1. The standard InChI is InChI=1S/C80H129N17O19/c1-9-11-12-13-14-15-16-17-18-19-20-21-25-32-63(100)95-66(47(3)4)77(112)91-56(35-38-81)69(104)85-44-64(101)87-61(45-98)75(110)93-60(42-52-43-84-54-31-27-26-30-53(52)54)74(109)94-62(46-99)76(111)90-57(36-39-82)70(105)89-58(37-40-83)71(106)92-59(41-51-28-23-22-24-29-51)73(108)88-55(33-34-65(102)103)72(107)96-67(48(5)6)78(113)97-68(49(7)10-2)79(114)86-50(8)80(115)116/h22-24,26-31,43,47-50,55-62,66-68,84,98-99H,9-21,25,32-42,44-46,81-83H2,1-8H3,(H,85,104)(H,86,114)(H,87,101)(H,88,108)(H,89,105)(H,90,111)(H,91,112)(H,92,106)(H,93,110)(H,94,109)(H,95,100)(H,96,107)(H,97,113)(H,102,103)(H,115,116)/t49-,50-,55-,56+,57-,58+,59-,60+,61+,62-,66+,67-,68+/m0/s1. The van der Waals surface area contributed by atoms with Crippen LogP contribution in [0.5, 0.6) is 0 Å². The van der Waals surface area contributed by atoms with E-state index in [9.17, 15) is 92.3 Å². The SMILES string of the molecule is CCCCCCCCCCCCCCCC(=O)N[C@@H](C(=O)N[C@H](CCN)C(=O)NCC(=O)N[C@H](CO)C(=O)N[C@H](Cc1c[nH]c2ccccc12)C(=O)N[C@@H](CO)C(=O)N[C@@H](CCN)C(=O)N[C@H](CCN)C(=O)N[C@@H](Cc1ccccc1)C(=O)N[C@@H](CCC(=O)O)C(=O)N[C@H](C(=O)N[C@@H](C(=O)N[C@@H](C)C(=O)O)[C@@H](C)CC)C(C)C)C(C)C. The average molecular weight is 1630 g/mol. The Morgan fingerprint density at radius 2 is 0.784 bits per heavy atom. The van der Waals surface area contributed by atoms with E-state index in [1.54, 1.807) is 102 Å². The zero-order valence-electron chi connectivity index (χ0n) is 68.4. The lowest BCUT2D eigenvalue weighted by atomic mass is 9.96. The molecule has 2 aromatic carbocycles. The second-order valence-corrected chi connectivity index (χ2v) is 30.0. The molecule has 13 atom stereocenters. The van der Waals surface area contributed by atoms with Gasteiger partial charge in [0.2, 0.25) is 76.8 Å². The third-order valence-corrected chi connectivity index (χ3v) is 19.8. The highest BCUT2D eigenvalue weighted by Gasteiger charge is 2.38. The number of unbranched alkanes of at least 4 members (excludes halogenated alkanes) is 12. The van der Waals surface area contributed by atoms with Crippen LogP contribution in [0.2, 0.25) is 0 Å². The number of amides is 13. The molecule has 36 heteroatoms. The van der Waals surface area contributed by atoms with Crippen molar-refractivity contribution in [1.29, 1.82) is 0 Å². The first kappa shape index (κ1) is 100. The molecule has 0 spiro atoms. The summed E-state index contributed by atoms with van der Waals surface area (Å²) in [6.45, 7) is 9.88. The van der Waals surface area contributed by atoms with Crippen LogP contribution < -0.4 is 86.3 Å². The van der Waals surface area contributed by atoms with Gasteiger partial charge in [0.05, 0.1) is 19.8 Å². The van der Waals surface area contributed by atoms with Gasteiger partial charge in [-0.3, -0.25) is 71.9 Å². The average Bonchev–Trinajstić information content (AvgIpc) is 1.61. The summed E-state index contributed by atoms with van der Waals surface area (Å²) >= 11 is 0. The maximum absolute atomic E-state index is 14.5. The number of carbonyl (C=O) groups is 15. The van der Waals surface area contributed by atoms with Crippen molar-refractivity contribution in [2.45, 2.75) is 269 Å². The van der Waals surface area contributed by atoms with Gasteiger partial charge in [-0.15, -0.1) is 0 Å². The van der Waals surface area contributed by atoms with E-state index in [0.717, 1.165) is 25.7 Å². The lowest BCUT2D eigenvalue weighted by Crippen LogP contribution is -2.62.